The van der Waals surface area contributed by atoms with Gasteiger partial charge in [-0.15, -0.1) is 0 Å². The fraction of sp³-hybridized carbons (Fsp3) is 0.600. The van der Waals surface area contributed by atoms with Crippen LogP contribution in [-0.2, 0) is 6.42 Å². The molecule has 0 unspecified atom stereocenters. The summed E-state index contributed by atoms with van der Waals surface area (Å²) in [6.07, 6.45) is 4.71. The minimum atomic E-state index is 0.363. The molecule has 0 spiro atoms. The van der Waals surface area contributed by atoms with Crippen molar-refractivity contribution in [2.24, 2.45) is 5.92 Å². The molecular weight excluding hydrogens is 226 g/mol. The summed E-state index contributed by atoms with van der Waals surface area (Å²) < 4.78 is 5.09. The van der Waals surface area contributed by atoms with Crippen LogP contribution in [-0.4, -0.2) is 37.3 Å². The molecule has 0 saturated carbocycles. The molecule has 0 aliphatic carbocycles. The highest BCUT2D eigenvalue weighted by atomic mass is 16.5. The molecular formula is C15H23NO2. The number of aromatic hydroxyl groups is 1. The van der Waals surface area contributed by atoms with Gasteiger partial charge in [0.15, 0.2) is 0 Å². The number of likely N-dealkylation sites (tertiary alicyclic amines) is 1. The van der Waals surface area contributed by atoms with Gasteiger partial charge in [-0.05, 0) is 63.4 Å². The average molecular weight is 249 g/mol. The zero-order valence-electron chi connectivity index (χ0n) is 11.4. The van der Waals surface area contributed by atoms with Crippen LogP contribution in [0.25, 0.3) is 0 Å². The summed E-state index contributed by atoms with van der Waals surface area (Å²) in [5, 5.41) is 9.91. The summed E-state index contributed by atoms with van der Waals surface area (Å²) in [6.45, 7) is 2.42. The molecule has 0 atom stereocenters. The van der Waals surface area contributed by atoms with E-state index in [0.29, 0.717) is 5.75 Å². The van der Waals surface area contributed by atoms with Crippen LogP contribution in [0.15, 0.2) is 18.2 Å². The van der Waals surface area contributed by atoms with E-state index in [-0.39, 0.29) is 0 Å². The molecule has 18 heavy (non-hydrogen) atoms. The Morgan fingerprint density at radius 3 is 2.67 bits per heavy atom. The number of methoxy groups -OCH3 is 1. The Hall–Kier alpha value is -1.22. The summed E-state index contributed by atoms with van der Waals surface area (Å²) in [4.78, 5) is 2.39. The predicted octanol–water partition coefficient (Wildman–Crippen LogP) is 2.68. The minimum Gasteiger partial charge on any atom is -0.508 e. The second-order valence-electron chi connectivity index (χ2n) is 5.28. The molecule has 1 aromatic rings. The van der Waals surface area contributed by atoms with Crippen molar-refractivity contribution in [1.29, 1.82) is 0 Å². The van der Waals surface area contributed by atoms with Gasteiger partial charge < -0.3 is 14.7 Å². The third kappa shape index (κ3) is 3.39. The number of nitrogens with zero attached hydrogens (tertiary/aromatic N) is 1. The SMILES string of the molecule is COc1ccc(CCC2CCN(C)CC2)c(O)c1. The first-order valence-electron chi connectivity index (χ1n) is 6.73. The third-order valence-corrected chi connectivity index (χ3v) is 3.95. The van der Waals surface area contributed by atoms with Crippen molar-refractivity contribution in [2.75, 3.05) is 27.2 Å². The lowest BCUT2D eigenvalue weighted by Gasteiger charge is -2.28. The van der Waals surface area contributed by atoms with Crippen molar-refractivity contribution >= 4 is 0 Å². The molecule has 1 aromatic carbocycles. The van der Waals surface area contributed by atoms with E-state index in [1.807, 2.05) is 12.1 Å². The molecule has 3 nitrogen and oxygen atoms in total. The first-order valence-corrected chi connectivity index (χ1v) is 6.73. The quantitative estimate of drug-likeness (QED) is 0.890. The number of ether oxygens (including phenoxy) is 1. The number of hydrogen-bond acceptors (Lipinski definition) is 3. The minimum absolute atomic E-state index is 0.363. The number of phenolic OH excluding ortho intramolecular Hbond substituents is 1. The van der Waals surface area contributed by atoms with Crippen LogP contribution in [0.1, 0.15) is 24.8 Å². The molecule has 1 fully saturated rings. The van der Waals surface area contributed by atoms with Gasteiger partial charge >= 0.3 is 0 Å². The molecule has 0 amide bonds. The van der Waals surface area contributed by atoms with Gasteiger partial charge in [0, 0.05) is 6.07 Å². The van der Waals surface area contributed by atoms with Gasteiger partial charge in [0.25, 0.3) is 0 Å². The summed E-state index contributed by atoms with van der Waals surface area (Å²) >= 11 is 0. The molecule has 3 heteroatoms. The zero-order chi connectivity index (χ0) is 13.0. The van der Waals surface area contributed by atoms with Crippen LogP contribution >= 0.6 is 0 Å². The third-order valence-electron chi connectivity index (χ3n) is 3.95. The van der Waals surface area contributed by atoms with Crippen LogP contribution < -0.4 is 4.74 Å². The van der Waals surface area contributed by atoms with Crippen LogP contribution in [0.3, 0.4) is 0 Å². The molecule has 1 aliphatic heterocycles. The van der Waals surface area contributed by atoms with Gasteiger partial charge in [0.05, 0.1) is 7.11 Å². The molecule has 1 saturated heterocycles. The van der Waals surface area contributed by atoms with Crippen LogP contribution in [0.2, 0.25) is 0 Å². The van der Waals surface area contributed by atoms with Crippen molar-refractivity contribution in [3.63, 3.8) is 0 Å². The van der Waals surface area contributed by atoms with Gasteiger partial charge in [0.2, 0.25) is 0 Å². The fourth-order valence-corrected chi connectivity index (χ4v) is 2.59. The smallest absolute Gasteiger partial charge is 0.122 e. The standard InChI is InChI=1S/C15H23NO2/c1-16-9-7-12(8-10-16)3-4-13-5-6-14(18-2)11-15(13)17/h5-6,11-12,17H,3-4,7-10H2,1-2H3. The molecule has 2 rings (SSSR count). The predicted molar refractivity (Wildman–Crippen MR) is 73.2 cm³/mol. The maximum absolute atomic E-state index is 9.91. The first-order chi connectivity index (χ1) is 8.69. The Bertz CT molecular complexity index is 384. The van der Waals surface area contributed by atoms with E-state index in [1.165, 1.54) is 32.4 Å². The Morgan fingerprint density at radius 2 is 2.06 bits per heavy atom. The number of phenols is 1. The Morgan fingerprint density at radius 1 is 1.33 bits per heavy atom. The molecule has 0 aromatic heterocycles. The monoisotopic (exact) mass is 249 g/mol. The summed E-state index contributed by atoms with van der Waals surface area (Å²) in [7, 11) is 3.80. The topological polar surface area (TPSA) is 32.7 Å². The van der Waals surface area contributed by atoms with Gasteiger partial charge in [-0.3, -0.25) is 0 Å². The van der Waals surface area contributed by atoms with E-state index in [9.17, 15) is 5.11 Å². The highest BCUT2D eigenvalue weighted by Crippen LogP contribution is 2.27. The van der Waals surface area contributed by atoms with Gasteiger partial charge in [-0.2, -0.15) is 0 Å². The number of piperidine rings is 1. The summed E-state index contributed by atoms with van der Waals surface area (Å²) in [5.41, 5.74) is 1.04. The first kappa shape index (κ1) is 13.2. The number of benzene rings is 1. The molecule has 1 heterocycles. The Kier molecular flexibility index (Phi) is 4.48. The normalized spacial score (nSPS) is 17.9. The molecule has 1 N–H and O–H groups in total. The second kappa shape index (κ2) is 6.10. The lowest BCUT2D eigenvalue weighted by molar-refractivity contribution is 0.212. The number of rotatable bonds is 4. The van der Waals surface area contributed by atoms with Crippen molar-refractivity contribution in [1.82, 2.24) is 4.90 Å². The highest BCUT2D eigenvalue weighted by molar-refractivity contribution is 5.39. The van der Waals surface area contributed by atoms with Gasteiger partial charge in [0.1, 0.15) is 11.5 Å². The van der Waals surface area contributed by atoms with E-state index in [2.05, 4.69) is 11.9 Å². The maximum Gasteiger partial charge on any atom is 0.122 e. The van der Waals surface area contributed by atoms with E-state index >= 15 is 0 Å². The Balaban J connectivity index is 1.86. The lowest BCUT2D eigenvalue weighted by Crippen LogP contribution is -2.30. The molecule has 1 aliphatic rings. The van der Waals surface area contributed by atoms with E-state index in [4.69, 9.17) is 4.74 Å². The number of hydrogen-bond donors (Lipinski definition) is 1. The summed E-state index contributed by atoms with van der Waals surface area (Å²) in [6, 6.07) is 5.59. The molecule has 100 valence electrons. The maximum atomic E-state index is 9.91. The van der Waals surface area contributed by atoms with Crippen LogP contribution in [0, 0.1) is 5.92 Å². The largest absolute Gasteiger partial charge is 0.508 e. The molecule has 0 radical (unpaired) electrons. The van der Waals surface area contributed by atoms with Crippen molar-refractivity contribution in [3.8, 4) is 11.5 Å². The highest BCUT2D eigenvalue weighted by Gasteiger charge is 2.16. The lowest BCUT2D eigenvalue weighted by atomic mass is 9.90. The van der Waals surface area contributed by atoms with Crippen molar-refractivity contribution in [2.45, 2.75) is 25.7 Å². The van der Waals surface area contributed by atoms with Gasteiger partial charge in [-0.25, -0.2) is 0 Å². The van der Waals surface area contributed by atoms with E-state index < -0.39 is 0 Å². The number of aryl methyl sites for hydroxylation is 1. The second-order valence-corrected chi connectivity index (χ2v) is 5.28. The van der Waals surface area contributed by atoms with Gasteiger partial charge in [-0.1, -0.05) is 6.07 Å². The fourth-order valence-electron chi connectivity index (χ4n) is 2.59. The summed E-state index contributed by atoms with van der Waals surface area (Å²) in [5.74, 6) is 1.89. The van der Waals surface area contributed by atoms with E-state index in [1.54, 1.807) is 13.2 Å². The van der Waals surface area contributed by atoms with Crippen LogP contribution in [0.4, 0.5) is 0 Å². The van der Waals surface area contributed by atoms with Crippen molar-refractivity contribution in [3.05, 3.63) is 23.8 Å². The average Bonchev–Trinajstić information content (AvgIpc) is 2.39. The Labute approximate surface area is 109 Å². The molecule has 0 bridgehead atoms. The van der Waals surface area contributed by atoms with Crippen molar-refractivity contribution < 1.29 is 9.84 Å². The zero-order valence-corrected chi connectivity index (χ0v) is 11.4. The van der Waals surface area contributed by atoms with E-state index in [0.717, 1.165) is 23.7 Å². The van der Waals surface area contributed by atoms with Crippen LogP contribution in [0.5, 0.6) is 11.5 Å².